The summed E-state index contributed by atoms with van der Waals surface area (Å²) < 4.78 is 43.2. The summed E-state index contributed by atoms with van der Waals surface area (Å²) in [5.41, 5.74) is 12.5. The van der Waals surface area contributed by atoms with Gasteiger partial charge in [-0.15, -0.1) is 56.7 Å². The fourth-order valence-electron chi connectivity index (χ4n) is 14.8. The Labute approximate surface area is 752 Å². The summed E-state index contributed by atoms with van der Waals surface area (Å²) in [7, 11) is 0. The minimum atomic E-state index is -1.03. The molecule has 0 aliphatic carbocycles. The number of pyridine rings is 1. The van der Waals surface area contributed by atoms with Crippen molar-refractivity contribution < 1.29 is 47.9 Å². The standard InChI is InChI=1S/C21H19FN2OS.C18H16Cl2N2O3S.C18H19N3OS.C17H19N3OS2.C16H16Cl2N2O3S/c1-14-18(20(23-2)21(26-14)24-9-11-25-12-10-24)13-16-8-7-15-5-3-4-6-17(15)19(16)22;1-10(11-3-4-12(19)13(20)9-11)14-15(21-2)17(26-16(14)18(23)24)22-5-7-25-8-6-22;1-13-17(20-18(23-13)21-6-8-22-9-7-21)11-14-2-3-16-12-19-5-4-15(16)10-14;1-11-14(19-17(22-11)20-5-7-21-8-6-20)9-13-3-4-16-15(10-13)18-12(2)23-16;1-9-6-11(17)12(18)7-10(9)8-13-14(15(21)22)24-16(19-13)20-2-4-23-5-3-20/h3-8H,9-13H2,1H3;3-4,9-10H,5-8H2,1H3,(H,23,24);2-5,10,12H,6-9,11H2,1H3;3-4,10H,5-9H2,1-2H3;6-7H,2-5,8H2,1H3,(H,21,22). The fourth-order valence-corrected chi connectivity index (χ4v) is 21.6. The van der Waals surface area contributed by atoms with Gasteiger partial charge in [-0.3, -0.25) is 4.98 Å². The molecule has 21 nitrogen and oxygen atoms in total. The van der Waals surface area contributed by atoms with Crippen molar-refractivity contribution in [2.45, 2.75) is 73.1 Å². The summed E-state index contributed by atoms with van der Waals surface area (Å²) in [4.78, 5) is 69.2. The summed E-state index contributed by atoms with van der Waals surface area (Å²) in [5.74, 6) is -2.47. The van der Waals surface area contributed by atoms with E-state index in [9.17, 15) is 24.2 Å². The lowest BCUT2D eigenvalue weighted by Gasteiger charge is -2.28. The Hall–Kier alpha value is -9.02. The number of aromatic nitrogens is 5. The van der Waals surface area contributed by atoms with Crippen LogP contribution in [0.15, 0.2) is 122 Å². The third-order valence-corrected chi connectivity index (χ3v) is 29.6. The molecule has 2 N–H and O–H groups in total. The Bertz CT molecular complexity index is 5990. The van der Waals surface area contributed by atoms with Crippen molar-refractivity contribution in [1.82, 2.24) is 24.9 Å². The van der Waals surface area contributed by atoms with Gasteiger partial charge in [0.2, 0.25) is 11.4 Å². The van der Waals surface area contributed by atoms with Crippen LogP contribution >= 0.6 is 114 Å². The summed E-state index contributed by atoms with van der Waals surface area (Å²) in [6.07, 6.45) is 6.36. The van der Waals surface area contributed by atoms with Gasteiger partial charge in [-0.05, 0) is 150 Å². The highest BCUT2D eigenvalue weighted by Gasteiger charge is 2.32. The topological polar surface area (TPSA) is 210 Å². The van der Waals surface area contributed by atoms with E-state index in [0.29, 0.717) is 124 Å². The molecule has 6 aromatic carbocycles. The molecule has 32 heteroatoms. The van der Waals surface area contributed by atoms with Gasteiger partial charge in [-0.1, -0.05) is 131 Å². The van der Waals surface area contributed by atoms with Crippen molar-refractivity contribution in [3.63, 3.8) is 0 Å². The molecule has 0 radical (unpaired) electrons. The maximum Gasteiger partial charge on any atom is 0.347 e. The summed E-state index contributed by atoms with van der Waals surface area (Å²) in [5, 5.41) is 30.7. The Balaban J connectivity index is 0.000000125. The number of anilines is 5. The number of benzene rings is 6. The molecule has 0 spiro atoms. The van der Waals surface area contributed by atoms with Gasteiger partial charge in [0.25, 0.3) is 0 Å². The summed E-state index contributed by atoms with van der Waals surface area (Å²) in [6.45, 7) is 42.6. The fraction of sp³-hybridized carbons (Fsp3) is 0.344. The molecule has 7 aromatic heterocycles. The summed E-state index contributed by atoms with van der Waals surface area (Å²) >= 11 is 33.6. The quantitative estimate of drug-likeness (QED) is 0.0812. The molecule has 0 bridgehead atoms. The van der Waals surface area contributed by atoms with Gasteiger partial charge in [-0.2, -0.15) is 0 Å². The number of rotatable bonds is 17. The second-order valence-corrected chi connectivity index (χ2v) is 37.9. The van der Waals surface area contributed by atoms with Crippen molar-refractivity contribution in [2.24, 2.45) is 0 Å². The zero-order valence-corrected chi connectivity index (χ0v) is 76.0. The highest BCUT2D eigenvalue weighted by molar-refractivity contribution is 7.19. The molecule has 122 heavy (non-hydrogen) atoms. The van der Waals surface area contributed by atoms with Gasteiger partial charge in [-0.25, -0.2) is 43.6 Å². The molecule has 634 valence electrons. The highest BCUT2D eigenvalue weighted by Crippen LogP contribution is 2.49. The zero-order valence-electron chi connectivity index (χ0n) is 68.1. The van der Waals surface area contributed by atoms with Gasteiger partial charge in [0, 0.05) is 118 Å². The van der Waals surface area contributed by atoms with Crippen LogP contribution in [0.2, 0.25) is 20.1 Å². The lowest BCUT2D eigenvalue weighted by Crippen LogP contribution is -2.36. The van der Waals surface area contributed by atoms with E-state index in [2.05, 4.69) is 107 Å². The number of hydrogen-bond donors (Lipinski definition) is 2. The molecule has 12 heterocycles. The van der Waals surface area contributed by atoms with E-state index in [1.165, 1.54) is 59.1 Å². The van der Waals surface area contributed by atoms with Crippen molar-refractivity contribution >= 4 is 195 Å². The smallest absolute Gasteiger partial charge is 0.347 e. The first kappa shape index (κ1) is 89.3. The third-order valence-electron chi connectivity index (χ3n) is 21.5. The number of nitrogens with zero attached hydrogens (tertiary/aromatic N) is 12. The average Bonchev–Trinajstić information content (AvgIpc) is 1.60. The van der Waals surface area contributed by atoms with Crippen LogP contribution < -0.4 is 24.5 Å². The highest BCUT2D eigenvalue weighted by atomic mass is 35.5. The average molecular weight is 1840 g/mol. The van der Waals surface area contributed by atoms with E-state index in [1.807, 2.05) is 80.5 Å². The Morgan fingerprint density at radius 2 is 1.00 bits per heavy atom. The van der Waals surface area contributed by atoms with Gasteiger partial charge >= 0.3 is 11.9 Å². The number of fused-ring (bicyclic) bond motifs is 3. The molecule has 1 unspecified atom stereocenters. The normalized spacial score (nSPS) is 15.1. The lowest BCUT2D eigenvalue weighted by atomic mass is 9.92. The molecular weight excluding hydrogens is 1750 g/mol. The van der Waals surface area contributed by atoms with E-state index >= 15 is 0 Å². The molecule has 5 saturated heterocycles. The summed E-state index contributed by atoms with van der Waals surface area (Å²) in [6, 6.07) is 35.3. The second kappa shape index (κ2) is 41.6. The van der Waals surface area contributed by atoms with Crippen LogP contribution in [0.3, 0.4) is 0 Å². The Kier molecular flexibility index (Phi) is 30.5. The number of hydrogen-bond acceptors (Lipinski definition) is 23. The van der Waals surface area contributed by atoms with Crippen LogP contribution in [0.1, 0.15) is 113 Å². The molecular formula is C90H89Cl4FN12O9S6. The maximum atomic E-state index is 15.0. The number of carbonyl (C=O) groups is 2. The number of thiazole rings is 4. The molecule has 5 aliphatic rings. The number of morpholine rings is 5. The van der Waals surface area contributed by atoms with Crippen LogP contribution in [0.4, 0.5) is 41.2 Å². The van der Waals surface area contributed by atoms with E-state index in [-0.39, 0.29) is 21.5 Å². The first-order valence-electron chi connectivity index (χ1n) is 39.9. The first-order valence-corrected chi connectivity index (χ1v) is 46.3. The number of carboxylic acid groups (broad SMARTS) is 2. The minimum Gasteiger partial charge on any atom is -0.477 e. The number of aromatic carboxylic acids is 2. The molecule has 5 aliphatic heterocycles. The Morgan fingerprint density at radius 3 is 1.57 bits per heavy atom. The van der Waals surface area contributed by atoms with Crippen molar-refractivity contribution in [3.05, 3.63) is 261 Å². The monoisotopic (exact) mass is 1830 g/mol. The van der Waals surface area contributed by atoms with Crippen molar-refractivity contribution in [2.75, 3.05) is 156 Å². The molecule has 18 rings (SSSR count). The van der Waals surface area contributed by atoms with Crippen molar-refractivity contribution in [3.8, 4) is 0 Å². The molecule has 1 atom stereocenters. The number of ether oxygens (including phenoxy) is 5. The molecule has 0 saturated carbocycles. The minimum absolute atomic E-state index is 0.183. The van der Waals surface area contributed by atoms with Crippen LogP contribution in [-0.2, 0) is 49.4 Å². The van der Waals surface area contributed by atoms with Crippen molar-refractivity contribution in [1.29, 1.82) is 0 Å². The molecule has 0 amide bonds. The number of aryl methyl sites for hydroxylation is 5. The van der Waals surface area contributed by atoms with Crippen LogP contribution in [0.5, 0.6) is 0 Å². The number of carboxylic acids is 2. The number of halogens is 5. The molecule has 13 aromatic rings. The van der Waals surface area contributed by atoms with E-state index in [1.54, 1.807) is 69.6 Å². The maximum absolute atomic E-state index is 15.0. The SMILES string of the molecule is Cc1cc(Cl)c(Cl)cc1Cc1nc(N2CCOCC2)sc1C(=O)O.Cc1nc2cc(Cc3nc(N4CCOCC4)sc3C)ccc2s1.Cc1sc(N2CCOCC2)nc1Cc1ccc2cnccc2c1.[C-]#[N+]c1c(N2CCOCC2)sc(C(=O)O)c1C(C)c1ccc(Cl)c(Cl)c1.[C-]#[N+]c1c(N2CCOCC2)sc(C)c1Cc1ccc2ccccc2c1F. The predicted molar refractivity (Wildman–Crippen MR) is 497 cm³/mol. The van der Waals surface area contributed by atoms with Gasteiger partial charge in [0.05, 0.1) is 142 Å². The van der Waals surface area contributed by atoms with Gasteiger partial charge in [0.15, 0.2) is 15.4 Å². The van der Waals surface area contributed by atoms with Crippen LogP contribution in [0, 0.1) is 53.6 Å². The van der Waals surface area contributed by atoms with E-state index in [4.69, 9.17) is 93.2 Å². The Morgan fingerprint density at radius 1 is 0.484 bits per heavy atom. The first-order chi connectivity index (χ1) is 59.1. The predicted octanol–water partition coefficient (Wildman–Crippen LogP) is 21.7. The third kappa shape index (κ3) is 21.7. The largest absolute Gasteiger partial charge is 0.477 e. The van der Waals surface area contributed by atoms with Gasteiger partial charge in [0.1, 0.15) is 15.6 Å². The number of thiophene rings is 2. The van der Waals surface area contributed by atoms with E-state index < -0.39 is 11.9 Å². The zero-order chi connectivity index (χ0) is 85.7. The van der Waals surface area contributed by atoms with E-state index in [0.717, 1.165) is 166 Å². The van der Waals surface area contributed by atoms with Crippen LogP contribution in [-0.4, -0.2) is 179 Å². The second-order valence-electron chi connectivity index (χ2n) is 29.5. The lowest BCUT2D eigenvalue weighted by molar-refractivity contribution is 0.0690. The molecule has 5 fully saturated rings. The van der Waals surface area contributed by atoms with Gasteiger partial charge < -0.3 is 58.4 Å². The van der Waals surface area contributed by atoms with Crippen LogP contribution in [0.25, 0.3) is 41.5 Å².